The molecule has 1 aromatic carbocycles. The number of rotatable bonds is 5. The van der Waals surface area contributed by atoms with Crippen molar-refractivity contribution in [3.05, 3.63) is 36.5 Å². The van der Waals surface area contributed by atoms with Crippen molar-refractivity contribution in [3.8, 4) is 0 Å². The Balaban J connectivity index is 1.31. The number of nitrogens with one attached hydrogen (secondary N) is 1. The third kappa shape index (κ3) is 4.37. The van der Waals surface area contributed by atoms with E-state index in [1.807, 2.05) is 18.2 Å². The van der Waals surface area contributed by atoms with Gasteiger partial charge >= 0.3 is 0 Å². The summed E-state index contributed by atoms with van der Waals surface area (Å²) in [7, 11) is -3.55. The van der Waals surface area contributed by atoms with Crippen LogP contribution in [0.2, 0.25) is 0 Å². The van der Waals surface area contributed by atoms with E-state index in [4.69, 9.17) is 14.5 Å². The summed E-state index contributed by atoms with van der Waals surface area (Å²) in [6.45, 7) is 4.73. The highest BCUT2D eigenvalue weighted by Crippen LogP contribution is 2.32. The van der Waals surface area contributed by atoms with Gasteiger partial charge in [-0.05, 0) is 30.3 Å². The van der Waals surface area contributed by atoms with Crippen molar-refractivity contribution < 1.29 is 17.9 Å². The summed E-state index contributed by atoms with van der Waals surface area (Å²) in [5.74, 6) is 0.582. The van der Waals surface area contributed by atoms with Gasteiger partial charge in [0.15, 0.2) is 5.13 Å². The molecule has 2 aromatic heterocycles. The van der Waals surface area contributed by atoms with Crippen molar-refractivity contribution >= 4 is 48.2 Å². The van der Waals surface area contributed by atoms with E-state index in [1.54, 1.807) is 23.5 Å². The molecule has 0 amide bonds. The second-order valence-corrected chi connectivity index (χ2v) is 10.2. The maximum atomic E-state index is 12.7. The summed E-state index contributed by atoms with van der Waals surface area (Å²) in [5.41, 5.74) is 1.83. The second-order valence-electron chi connectivity index (χ2n) is 7.30. The first-order valence-electron chi connectivity index (χ1n) is 10.1. The Labute approximate surface area is 184 Å². The lowest BCUT2D eigenvalue weighted by Gasteiger charge is -2.25. The van der Waals surface area contributed by atoms with E-state index < -0.39 is 10.0 Å². The highest BCUT2D eigenvalue weighted by Gasteiger charge is 2.26. The SMILES string of the molecule is O=S(=O)(c1ccc(Nc2ccc3nc(N4CCOCC4)sc3c2)nc1)N1CCOCC1. The Morgan fingerprint density at radius 1 is 0.968 bits per heavy atom. The molecular weight excluding hydrogens is 438 g/mol. The number of fused-ring (bicyclic) bond motifs is 1. The average Bonchev–Trinajstić information content (AvgIpc) is 3.24. The van der Waals surface area contributed by atoms with E-state index in [1.165, 1.54) is 10.5 Å². The van der Waals surface area contributed by atoms with E-state index in [0.717, 1.165) is 47.3 Å². The fourth-order valence-corrected chi connectivity index (χ4v) is 5.98. The standard InChI is InChI=1S/C20H23N5O4S2/c26-31(27,25-7-11-29-12-8-25)16-2-4-19(21-14-16)22-15-1-3-17-18(13-15)30-20(23-17)24-5-9-28-10-6-24/h1-4,13-14H,5-12H2,(H,21,22). The lowest BCUT2D eigenvalue weighted by atomic mass is 10.3. The van der Waals surface area contributed by atoms with Gasteiger partial charge in [-0.2, -0.15) is 4.31 Å². The monoisotopic (exact) mass is 461 g/mol. The number of anilines is 3. The van der Waals surface area contributed by atoms with Crippen LogP contribution in [0.3, 0.4) is 0 Å². The predicted molar refractivity (Wildman–Crippen MR) is 120 cm³/mol. The van der Waals surface area contributed by atoms with Gasteiger partial charge < -0.3 is 19.7 Å². The minimum atomic E-state index is -3.55. The molecule has 1 N–H and O–H groups in total. The molecule has 0 saturated carbocycles. The smallest absolute Gasteiger partial charge is 0.244 e. The first-order chi connectivity index (χ1) is 15.1. The predicted octanol–water partition coefficient (Wildman–Crippen LogP) is 2.29. The number of sulfonamides is 1. The number of aromatic nitrogens is 2. The van der Waals surface area contributed by atoms with Crippen molar-refractivity contribution in [2.24, 2.45) is 0 Å². The summed E-state index contributed by atoms with van der Waals surface area (Å²) in [5, 5.41) is 4.25. The summed E-state index contributed by atoms with van der Waals surface area (Å²) in [4.78, 5) is 11.5. The van der Waals surface area contributed by atoms with Crippen LogP contribution in [0.1, 0.15) is 0 Å². The molecule has 2 fully saturated rings. The van der Waals surface area contributed by atoms with Crippen LogP contribution >= 0.6 is 11.3 Å². The van der Waals surface area contributed by atoms with Gasteiger partial charge in [0.1, 0.15) is 10.7 Å². The Morgan fingerprint density at radius 2 is 1.71 bits per heavy atom. The number of nitrogens with zero attached hydrogens (tertiary/aromatic N) is 4. The molecule has 5 rings (SSSR count). The zero-order valence-corrected chi connectivity index (χ0v) is 18.5. The van der Waals surface area contributed by atoms with Gasteiger partial charge in [0.25, 0.3) is 0 Å². The topological polar surface area (TPSA) is 96.9 Å². The van der Waals surface area contributed by atoms with Crippen molar-refractivity contribution in [3.63, 3.8) is 0 Å². The zero-order chi connectivity index (χ0) is 21.3. The molecule has 0 unspecified atom stereocenters. The Morgan fingerprint density at radius 3 is 2.42 bits per heavy atom. The fourth-order valence-electron chi connectivity index (χ4n) is 3.57. The largest absolute Gasteiger partial charge is 0.379 e. The Bertz CT molecular complexity index is 1150. The number of thiazole rings is 1. The van der Waals surface area contributed by atoms with Crippen molar-refractivity contribution in [2.45, 2.75) is 4.90 Å². The molecular formula is C20H23N5O4S2. The van der Waals surface area contributed by atoms with E-state index in [9.17, 15) is 8.42 Å². The molecule has 2 aliphatic heterocycles. The van der Waals surface area contributed by atoms with Gasteiger partial charge in [0.2, 0.25) is 10.0 Å². The molecule has 2 aliphatic rings. The van der Waals surface area contributed by atoms with E-state index in [2.05, 4.69) is 15.2 Å². The van der Waals surface area contributed by atoms with Crippen LogP contribution in [0.5, 0.6) is 0 Å². The van der Waals surface area contributed by atoms with Gasteiger partial charge in [0, 0.05) is 38.1 Å². The maximum absolute atomic E-state index is 12.7. The molecule has 2 saturated heterocycles. The Kier molecular flexibility index (Phi) is 5.76. The van der Waals surface area contributed by atoms with Crippen LogP contribution in [0.4, 0.5) is 16.6 Å². The van der Waals surface area contributed by atoms with Crippen LogP contribution in [0, 0.1) is 0 Å². The number of morpholine rings is 2. The molecule has 164 valence electrons. The minimum absolute atomic E-state index is 0.188. The van der Waals surface area contributed by atoms with Gasteiger partial charge in [-0.3, -0.25) is 0 Å². The maximum Gasteiger partial charge on any atom is 0.244 e. The quantitative estimate of drug-likeness (QED) is 0.618. The summed E-state index contributed by atoms with van der Waals surface area (Å²) >= 11 is 1.65. The van der Waals surface area contributed by atoms with E-state index >= 15 is 0 Å². The molecule has 0 bridgehead atoms. The third-order valence-corrected chi connectivity index (χ3v) is 8.24. The highest BCUT2D eigenvalue weighted by molar-refractivity contribution is 7.89. The number of hydrogen-bond acceptors (Lipinski definition) is 9. The van der Waals surface area contributed by atoms with Crippen LogP contribution in [-0.2, 0) is 19.5 Å². The van der Waals surface area contributed by atoms with E-state index in [0.29, 0.717) is 32.1 Å². The van der Waals surface area contributed by atoms with Crippen molar-refractivity contribution in [2.75, 3.05) is 62.8 Å². The molecule has 3 aromatic rings. The number of pyridine rings is 1. The Hall–Kier alpha value is -2.31. The second kappa shape index (κ2) is 8.67. The summed E-state index contributed by atoms with van der Waals surface area (Å²) in [6, 6.07) is 9.24. The van der Waals surface area contributed by atoms with Gasteiger partial charge in [-0.25, -0.2) is 18.4 Å². The van der Waals surface area contributed by atoms with Gasteiger partial charge in [-0.1, -0.05) is 11.3 Å². The molecule has 0 aliphatic carbocycles. The summed E-state index contributed by atoms with van der Waals surface area (Å²) in [6.07, 6.45) is 1.40. The molecule has 11 heteroatoms. The first-order valence-corrected chi connectivity index (χ1v) is 12.4. The number of benzene rings is 1. The zero-order valence-electron chi connectivity index (χ0n) is 16.9. The van der Waals surface area contributed by atoms with Crippen LogP contribution < -0.4 is 10.2 Å². The molecule has 31 heavy (non-hydrogen) atoms. The lowest BCUT2D eigenvalue weighted by Crippen LogP contribution is -2.40. The van der Waals surface area contributed by atoms with Crippen molar-refractivity contribution in [1.29, 1.82) is 0 Å². The molecule has 0 atom stereocenters. The molecule has 0 spiro atoms. The molecule has 0 radical (unpaired) electrons. The summed E-state index contributed by atoms with van der Waals surface area (Å²) < 4.78 is 38.6. The van der Waals surface area contributed by atoms with Gasteiger partial charge in [0.05, 0.1) is 36.6 Å². The molecule has 4 heterocycles. The van der Waals surface area contributed by atoms with Crippen LogP contribution in [-0.4, -0.2) is 75.3 Å². The average molecular weight is 462 g/mol. The normalized spacial score (nSPS) is 18.4. The van der Waals surface area contributed by atoms with Crippen molar-refractivity contribution in [1.82, 2.24) is 14.3 Å². The van der Waals surface area contributed by atoms with E-state index in [-0.39, 0.29) is 4.90 Å². The van der Waals surface area contributed by atoms with Crippen LogP contribution in [0.25, 0.3) is 10.2 Å². The number of ether oxygens (including phenoxy) is 2. The van der Waals surface area contributed by atoms with Gasteiger partial charge in [-0.15, -0.1) is 0 Å². The minimum Gasteiger partial charge on any atom is -0.379 e. The van der Waals surface area contributed by atoms with Crippen LogP contribution in [0.15, 0.2) is 41.4 Å². The third-order valence-electron chi connectivity index (χ3n) is 5.28. The fraction of sp³-hybridized carbons (Fsp3) is 0.400. The lowest BCUT2D eigenvalue weighted by molar-refractivity contribution is 0.0730. The first kappa shape index (κ1) is 20.6. The molecule has 9 nitrogen and oxygen atoms in total. The highest BCUT2D eigenvalue weighted by atomic mass is 32.2. The number of hydrogen-bond donors (Lipinski definition) is 1.